The van der Waals surface area contributed by atoms with Crippen LogP contribution in [0.4, 0.5) is 0 Å². The molecule has 2 N–H and O–H groups in total. The van der Waals surface area contributed by atoms with Crippen LogP contribution >= 0.6 is 11.3 Å². The zero-order chi connectivity index (χ0) is 18.2. The molecule has 2 rings (SSSR count). The minimum absolute atomic E-state index is 0.128. The summed E-state index contributed by atoms with van der Waals surface area (Å²) in [7, 11) is 3.16. The van der Waals surface area contributed by atoms with Crippen LogP contribution in [0, 0.1) is 0 Å². The first-order valence-corrected chi connectivity index (χ1v) is 8.52. The SMILES string of the molecule is COc1ccc(CCNC(=O)Cc2nc(CC(=O)O)cs2)cc1OC. The van der Waals surface area contributed by atoms with E-state index in [-0.39, 0.29) is 18.7 Å². The predicted octanol–water partition coefficient (Wildman–Crippen LogP) is 1.69. The second-order valence-corrected chi connectivity index (χ2v) is 6.21. The van der Waals surface area contributed by atoms with Gasteiger partial charge in [0, 0.05) is 11.9 Å². The third-order valence-electron chi connectivity index (χ3n) is 3.43. The van der Waals surface area contributed by atoms with Crippen molar-refractivity contribution >= 4 is 23.2 Å². The molecule has 1 heterocycles. The third-order valence-corrected chi connectivity index (χ3v) is 4.32. The van der Waals surface area contributed by atoms with Crippen molar-refractivity contribution in [3.05, 3.63) is 39.8 Å². The molecule has 0 saturated heterocycles. The van der Waals surface area contributed by atoms with E-state index in [1.165, 1.54) is 11.3 Å². The Kier molecular flexibility index (Phi) is 6.76. The number of carbonyl (C=O) groups is 2. The number of aromatic nitrogens is 1. The number of aliphatic carboxylic acids is 1. The van der Waals surface area contributed by atoms with E-state index in [9.17, 15) is 9.59 Å². The maximum atomic E-state index is 12.0. The van der Waals surface area contributed by atoms with Crippen molar-refractivity contribution in [2.24, 2.45) is 0 Å². The molecule has 0 spiro atoms. The molecule has 8 heteroatoms. The molecule has 0 aliphatic rings. The van der Waals surface area contributed by atoms with E-state index in [0.717, 1.165) is 5.56 Å². The molecular weight excluding hydrogens is 344 g/mol. The average Bonchev–Trinajstić information content (AvgIpc) is 3.00. The van der Waals surface area contributed by atoms with Gasteiger partial charge in [-0.3, -0.25) is 9.59 Å². The molecule has 1 amide bonds. The summed E-state index contributed by atoms with van der Waals surface area (Å²) in [6, 6.07) is 5.63. The number of nitrogens with one attached hydrogen (secondary N) is 1. The smallest absolute Gasteiger partial charge is 0.309 e. The van der Waals surface area contributed by atoms with E-state index >= 15 is 0 Å². The number of carboxylic acid groups (broad SMARTS) is 1. The number of methoxy groups -OCH3 is 2. The molecule has 0 atom stereocenters. The monoisotopic (exact) mass is 364 g/mol. The lowest BCUT2D eigenvalue weighted by Crippen LogP contribution is -2.27. The fraction of sp³-hybridized carbons (Fsp3) is 0.353. The van der Waals surface area contributed by atoms with Crippen molar-refractivity contribution in [1.29, 1.82) is 0 Å². The van der Waals surface area contributed by atoms with Gasteiger partial charge in [0.2, 0.25) is 5.91 Å². The maximum absolute atomic E-state index is 12.0. The molecule has 0 aliphatic carbocycles. The molecular formula is C17H20N2O5S. The minimum Gasteiger partial charge on any atom is -0.493 e. The van der Waals surface area contributed by atoms with Gasteiger partial charge in [0.25, 0.3) is 0 Å². The number of rotatable bonds is 9. The molecule has 7 nitrogen and oxygen atoms in total. The standard InChI is InChI=1S/C17H20N2O5S/c1-23-13-4-3-11(7-14(13)24-2)5-6-18-15(20)9-16-19-12(10-25-16)8-17(21)22/h3-4,7,10H,5-6,8-9H2,1-2H3,(H,18,20)(H,21,22). The van der Waals surface area contributed by atoms with Gasteiger partial charge >= 0.3 is 5.97 Å². The summed E-state index contributed by atoms with van der Waals surface area (Å²) in [4.78, 5) is 26.7. The molecule has 0 unspecified atom stereocenters. The molecule has 134 valence electrons. The van der Waals surface area contributed by atoms with Crippen molar-refractivity contribution in [3.63, 3.8) is 0 Å². The van der Waals surface area contributed by atoms with Crippen molar-refractivity contribution in [1.82, 2.24) is 10.3 Å². The number of hydrogen-bond donors (Lipinski definition) is 2. The Bertz CT molecular complexity index is 744. The topological polar surface area (TPSA) is 97.8 Å². The number of ether oxygens (including phenoxy) is 2. The molecule has 0 fully saturated rings. The van der Waals surface area contributed by atoms with Gasteiger partial charge < -0.3 is 19.9 Å². The fourth-order valence-electron chi connectivity index (χ4n) is 2.25. The minimum atomic E-state index is -0.934. The Labute approximate surface area is 149 Å². The van der Waals surface area contributed by atoms with Crippen molar-refractivity contribution in [2.45, 2.75) is 19.3 Å². The summed E-state index contributed by atoms with van der Waals surface area (Å²) in [5.74, 6) is 0.240. The zero-order valence-electron chi connectivity index (χ0n) is 14.1. The van der Waals surface area contributed by atoms with Gasteiger partial charge in [0.1, 0.15) is 5.01 Å². The van der Waals surface area contributed by atoms with E-state index in [0.29, 0.717) is 35.2 Å². The highest BCUT2D eigenvalue weighted by Gasteiger charge is 2.10. The summed E-state index contributed by atoms with van der Waals surface area (Å²) in [6.07, 6.45) is 0.682. The van der Waals surface area contributed by atoms with Gasteiger partial charge in [-0.05, 0) is 24.1 Å². The highest BCUT2D eigenvalue weighted by atomic mass is 32.1. The molecule has 0 radical (unpaired) electrons. The first-order valence-electron chi connectivity index (χ1n) is 7.64. The zero-order valence-corrected chi connectivity index (χ0v) is 14.9. The lowest BCUT2D eigenvalue weighted by atomic mass is 10.1. The summed E-state index contributed by atoms with van der Waals surface area (Å²) in [5.41, 5.74) is 1.50. The van der Waals surface area contributed by atoms with Crippen LogP contribution in [-0.2, 0) is 28.9 Å². The molecule has 1 aromatic heterocycles. The van der Waals surface area contributed by atoms with Gasteiger partial charge in [-0.2, -0.15) is 0 Å². The number of carboxylic acids is 1. The van der Waals surface area contributed by atoms with Crippen LogP contribution in [0.15, 0.2) is 23.6 Å². The summed E-state index contributed by atoms with van der Waals surface area (Å²) in [5, 5.41) is 13.8. The Balaban J connectivity index is 1.80. The lowest BCUT2D eigenvalue weighted by molar-refractivity contribution is -0.136. The van der Waals surface area contributed by atoms with Crippen LogP contribution in [-0.4, -0.2) is 42.7 Å². The summed E-state index contributed by atoms with van der Waals surface area (Å²) >= 11 is 1.29. The number of carbonyl (C=O) groups excluding carboxylic acids is 1. The second-order valence-electron chi connectivity index (χ2n) is 5.27. The van der Waals surface area contributed by atoms with Crippen molar-refractivity contribution in [2.75, 3.05) is 20.8 Å². The first kappa shape index (κ1) is 18.7. The normalized spacial score (nSPS) is 10.3. The average molecular weight is 364 g/mol. The van der Waals surface area contributed by atoms with Crippen LogP contribution in [0.5, 0.6) is 11.5 Å². The molecule has 1 aromatic carbocycles. The van der Waals surface area contributed by atoms with Crippen LogP contribution in [0.25, 0.3) is 0 Å². The van der Waals surface area contributed by atoms with Crippen molar-refractivity contribution in [3.8, 4) is 11.5 Å². The summed E-state index contributed by atoms with van der Waals surface area (Å²) in [6.45, 7) is 0.488. The van der Waals surface area contributed by atoms with Gasteiger partial charge in [-0.1, -0.05) is 6.07 Å². The van der Waals surface area contributed by atoms with E-state index in [1.807, 2.05) is 18.2 Å². The number of thiazole rings is 1. The van der Waals surface area contributed by atoms with Gasteiger partial charge in [0.05, 0.1) is 32.8 Å². The predicted molar refractivity (Wildman–Crippen MR) is 93.4 cm³/mol. The second kappa shape index (κ2) is 9.03. The van der Waals surface area contributed by atoms with Crippen LogP contribution in [0.3, 0.4) is 0 Å². The summed E-state index contributed by atoms with van der Waals surface area (Å²) < 4.78 is 10.4. The highest BCUT2D eigenvalue weighted by Crippen LogP contribution is 2.27. The highest BCUT2D eigenvalue weighted by molar-refractivity contribution is 7.09. The number of nitrogens with zero attached hydrogens (tertiary/aromatic N) is 1. The molecule has 2 aromatic rings. The Morgan fingerprint density at radius 1 is 1.20 bits per heavy atom. The Morgan fingerprint density at radius 3 is 2.64 bits per heavy atom. The van der Waals surface area contributed by atoms with E-state index in [4.69, 9.17) is 14.6 Å². The molecule has 25 heavy (non-hydrogen) atoms. The van der Waals surface area contributed by atoms with Crippen LogP contribution in [0.1, 0.15) is 16.3 Å². The quantitative estimate of drug-likeness (QED) is 0.703. The van der Waals surface area contributed by atoms with Gasteiger partial charge in [-0.25, -0.2) is 4.98 Å². The molecule has 0 saturated carbocycles. The van der Waals surface area contributed by atoms with Crippen LogP contribution in [0.2, 0.25) is 0 Å². The number of hydrogen-bond acceptors (Lipinski definition) is 6. The van der Waals surface area contributed by atoms with Gasteiger partial charge in [-0.15, -0.1) is 11.3 Å². The largest absolute Gasteiger partial charge is 0.493 e. The molecule has 0 bridgehead atoms. The third kappa shape index (κ3) is 5.75. The molecule has 0 aliphatic heterocycles. The van der Waals surface area contributed by atoms with Crippen molar-refractivity contribution < 1.29 is 24.2 Å². The first-order chi connectivity index (χ1) is 12.0. The number of amides is 1. The maximum Gasteiger partial charge on any atom is 0.309 e. The number of benzene rings is 1. The fourth-order valence-corrected chi connectivity index (χ4v) is 3.04. The Hall–Kier alpha value is -2.61. The lowest BCUT2D eigenvalue weighted by Gasteiger charge is -2.10. The van der Waals surface area contributed by atoms with Gasteiger partial charge in [0.15, 0.2) is 11.5 Å². The van der Waals surface area contributed by atoms with E-state index < -0.39 is 5.97 Å². The van der Waals surface area contributed by atoms with Crippen LogP contribution < -0.4 is 14.8 Å². The Morgan fingerprint density at radius 2 is 1.96 bits per heavy atom. The van der Waals surface area contributed by atoms with E-state index in [2.05, 4.69) is 10.3 Å². The van der Waals surface area contributed by atoms with E-state index in [1.54, 1.807) is 19.6 Å².